The van der Waals surface area contributed by atoms with Crippen molar-refractivity contribution in [1.29, 1.82) is 0 Å². The summed E-state index contributed by atoms with van der Waals surface area (Å²) in [6.07, 6.45) is 3.65. The normalized spacial score (nSPS) is 21.2. The molecule has 0 aromatic heterocycles. The largest absolute Gasteiger partial charge is 0.497 e. The third kappa shape index (κ3) is 3.39. The number of hydrogen-bond donors (Lipinski definition) is 1. The summed E-state index contributed by atoms with van der Waals surface area (Å²) in [6, 6.07) is 9.09. The topological polar surface area (TPSA) is 24.5 Å². The molecule has 1 aliphatic heterocycles. The van der Waals surface area contributed by atoms with Gasteiger partial charge in [0.2, 0.25) is 0 Å². The third-order valence-electron chi connectivity index (χ3n) is 3.72. The number of benzene rings is 1. The van der Waals surface area contributed by atoms with Crippen molar-refractivity contribution in [2.75, 3.05) is 31.6 Å². The molecule has 0 bridgehead atoms. The number of ether oxygens (including phenoxy) is 1. The van der Waals surface area contributed by atoms with Gasteiger partial charge in [-0.15, -0.1) is 0 Å². The van der Waals surface area contributed by atoms with E-state index in [9.17, 15) is 0 Å². The molecule has 0 amide bonds. The van der Waals surface area contributed by atoms with Gasteiger partial charge in [-0.3, -0.25) is 0 Å². The van der Waals surface area contributed by atoms with Crippen LogP contribution in [0.1, 0.15) is 26.2 Å². The Morgan fingerprint density at radius 2 is 2.06 bits per heavy atom. The van der Waals surface area contributed by atoms with Crippen LogP contribution in [0.3, 0.4) is 0 Å². The first-order valence-corrected chi connectivity index (χ1v) is 6.96. The van der Waals surface area contributed by atoms with E-state index in [-0.39, 0.29) is 0 Å². The summed E-state index contributed by atoms with van der Waals surface area (Å²) >= 11 is 0. The molecule has 18 heavy (non-hydrogen) atoms. The minimum Gasteiger partial charge on any atom is -0.497 e. The highest BCUT2D eigenvalue weighted by molar-refractivity contribution is 5.49. The fourth-order valence-corrected chi connectivity index (χ4v) is 2.50. The number of rotatable bonds is 3. The Kier molecular flexibility index (Phi) is 4.88. The molecule has 2 rings (SSSR count). The molecule has 0 radical (unpaired) electrons. The zero-order chi connectivity index (χ0) is 12.8. The summed E-state index contributed by atoms with van der Waals surface area (Å²) in [6.45, 7) is 5.66. The number of nitrogens with zero attached hydrogens (tertiary/aromatic N) is 1. The van der Waals surface area contributed by atoms with Crippen LogP contribution in [-0.2, 0) is 0 Å². The highest BCUT2D eigenvalue weighted by atomic mass is 16.5. The fraction of sp³-hybridized carbons (Fsp3) is 0.600. The van der Waals surface area contributed by atoms with Crippen molar-refractivity contribution in [3.05, 3.63) is 24.3 Å². The Morgan fingerprint density at radius 1 is 1.28 bits per heavy atom. The van der Waals surface area contributed by atoms with Gasteiger partial charge < -0.3 is 15.0 Å². The summed E-state index contributed by atoms with van der Waals surface area (Å²) in [7, 11) is 1.71. The van der Waals surface area contributed by atoms with Crippen LogP contribution in [0, 0.1) is 0 Å². The SMILES string of the molecule is CCC1CCN(c2ccc(OC)cc2)CCCN1. The zero-order valence-corrected chi connectivity index (χ0v) is 11.5. The second-order valence-electron chi connectivity index (χ2n) is 4.89. The van der Waals surface area contributed by atoms with E-state index in [4.69, 9.17) is 4.74 Å². The Labute approximate surface area is 110 Å². The lowest BCUT2D eigenvalue weighted by atomic mass is 10.1. The van der Waals surface area contributed by atoms with Crippen LogP contribution < -0.4 is 15.0 Å². The maximum Gasteiger partial charge on any atom is 0.119 e. The van der Waals surface area contributed by atoms with Gasteiger partial charge in [-0.05, 0) is 50.1 Å². The van der Waals surface area contributed by atoms with Crippen molar-refractivity contribution >= 4 is 5.69 Å². The molecule has 0 aliphatic carbocycles. The average Bonchev–Trinajstić information content (AvgIpc) is 2.39. The first-order valence-electron chi connectivity index (χ1n) is 6.96. The van der Waals surface area contributed by atoms with Gasteiger partial charge in [0, 0.05) is 24.8 Å². The van der Waals surface area contributed by atoms with Gasteiger partial charge in [-0.25, -0.2) is 0 Å². The second-order valence-corrected chi connectivity index (χ2v) is 4.89. The van der Waals surface area contributed by atoms with Crippen LogP contribution >= 0.6 is 0 Å². The molecule has 1 aromatic rings. The summed E-state index contributed by atoms with van der Waals surface area (Å²) in [5, 5.41) is 3.61. The van der Waals surface area contributed by atoms with Gasteiger partial charge >= 0.3 is 0 Å². The minimum atomic E-state index is 0.672. The lowest BCUT2D eigenvalue weighted by Gasteiger charge is -2.30. The average molecular weight is 248 g/mol. The molecule has 1 unspecified atom stereocenters. The van der Waals surface area contributed by atoms with Crippen molar-refractivity contribution in [1.82, 2.24) is 5.32 Å². The number of methoxy groups -OCH3 is 1. The first kappa shape index (κ1) is 13.2. The molecule has 1 saturated heterocycles. The van der Waals surface area contributed by atoms with Gasteiger partial charge in [0.05, 0.1) is 7.11 Å². The molecular formula is C15H24N2O. The maximum atomic E-state index is 5.21. The molecule has 0 spiro atoms. The molecule has 1 aromatic carbocycles. The summed E-state index contributed by atoms with van der Waals surface area (Å²) < 4.78 is 5.21. The van der Waals surface area contributed by atoms with Crippen LogP contribution in [0.25, 0.3) is 0 Å². The van der Waals surface area contributed by atoms with Crippen LogP contribution in [0.2, 0.25) is 0 Å². The van der Waals surface area contributed by atoms with Crippen molar-refractivity contribution in [2.24, 2.45) is 0 Å². The van der Waals surface area contributed by atoms with Crippen LogP contribution in [0.4, 0.5) is 5.69 Å². The Bertz CT molecular complexity index is 350. The fourth-order valence-electron chi connectivity index (χ4n) is 2.50. The van der Waals surface area contributed by atoms with Gasteiger partial charge in [0.25, 0.3) is 0 Å². The van der Waals surface area contributed by atoms with Crippen LogP contribution in [0.5, 0.6) is 5.75 Å². The number of anilines is 1. The predicted octanol–water partition coefficient (Wildman–Crippen LogP) is 2.66. The van der Waals surface area contributed by atoms with E-state index in [1.54, 1.807) is 7.11 Å². The van der Waals surface area contributed by atoms with Crippen LogP contribution in [0.15, 0.2) is 24.3 Å². The predicted molar refractivity (Wildman–Crippen MR) is 76.5 cm³/mol. The summed E-state index contributed by atoms with van der Waals surface area (Å²) in [5.41, 5.74) is 1.31. The standard InChI is InChI=1S/C15H24N2O/c1-3-13-9-12-17(11-4-10-16-13)14-5-7-15(18-2)8-6-14/h5-8,13,16H,3-4,9-12H2,1-2H3. The Balaban J connectivity index is 2.01. The van der Waals surface area contributed by atoms with E-state index < -0.39 is 0 Å². The zero-order valence-electron chi connectivity index (χ0n) is 11.5. The summed E-state index contributed by atoms with van der Waals surface area (Å²) in [4.78, 5) is 2.49. The highest BCUT2D eigenvalue weighted by Crippen LogP contribution is 2.20. The smallest absolute Gasteiger partial charge is 0.119 e. The molecule has 0 saturated carbocycles. The van der Waals surface area contributed by atoms with Crippen molar-refractivity contribution < 1.29 is 4.74 Å². The van der Waals surface area contributed by atoms with E-state index in [2.05, 4.69) is 29.3 Å². The van der Waals surface area contributed by atoms with E-state index in [0.29, 0.717) is 6.04 Å². The van der Waals surface area contributed by atoms with E-state index >= 15 is 0 Å². The molecule has 100 valence electrons. The van der Waals surface area contributed by atoms with Crippen LogP contribution in [-0.4, -0.2) is 32.8 Å². The number of hydrogen-bond acceptors (Lipinski definition) is 3. The first-order chi connectivity index (χ1) is 8.83. The maximum absolute atomic E-state index is 5.21. The molecule has 1 aliphatic rings. The molecule has 1 N–H and O–H groups in total. The Morgan fingerprint density at radius 3 is 2.72 bits per heavy atom. The monoisotopic (exact) mass is 248 g/mol. The second kappa shape index (κ2) is 6.64. The van der Waals surface area contributed by atoms with Crippen molar-refractivity contribution in [2.45, 2.75) is 32.2 Å². The summed E-state index contributed by atoms with van der Waals surface area (Å²) in [5.74, 6) is 0.930. The minimum absolute atomic E-state index is 0.672. The lowest BCUT2D eigenvalue weighted by Crippen LogP contribution is -2.39. The highest BCUT2D eigenvalue weighted by Gasteiger charge is 2.13. The molecule has 3 nitrogen and oxygen atoms in total. The van der Waals surface area contributed by atoms with Gasteiger partial charge in [0.1, 0.15) is 5.75 Å². The quantitative estimate of drug-likeness (QED) is 0.890. The van der Waals surface area contributed by atoms with Gasteiger partial charge in [-0.2, -0.15) is 0 Å². The van der Waals surface area contributed by atoms with Crippen molar-refractivity contribution in [3.63, 3.8) is 0 Å². The molecule has 1 heterocycles. The van der Waals surface area contributed by atoms with E-state index in [1.165, 1.54) is 24.9 Å². The Hall–Kier alpha value is -1.22. The van der Waals surface area contributed by atoms with Gasteiger partial charge in [-0.1, -0.05) is 6.92 Å². The lowest BCUT2D eigenvalue weighted by molar-refractivity contribution is 0.414. The van der Waals surface area contributed by atoms with Crippen molar-refractivity contribution in [3.8, 4) is 5.75 Å². The molecule has 3 heteroatoms. The third-order valence-corrected chi connectivity index (χ3v) is 3.72. The van der Waals surface area contributed by atoms with E-state index in [1.807, 2.05) is 12.1 Å². The number of nitrogens with one attached hydrogen (secondary N) is 1. The van der Waals surface area contributed by atoms with Gasteiger partial charge in [0.15, 0.2) is 0 Å². The van der Waals surface area contributed by atoms with E-state index in [0.717, 1.165) is 25.4 Å². The molecular weight excluding hydrogens is 224 g/mol. The molecule has 1 atom stereocenters. The molecule has 1 fully saturated rings.